The molecule has 0 fully saturated rings. The van der Waals surface area contributed by atoms with Crippen molar-refractivity contribution in [3.05, 3.63) is 76.7 Å². The van der Waals surface area contributed by atoms with Crippen molar-refractivity contribution in [2.24, 2.45) is 0 Å². The molecule has 0 radical (unpaired) electrons. The van der Waals surface area contributed by atoms with Crippen LogP contribution in [-0.4, -0.2) is 39.6 Å². The molecule has 1 aromatic heterocycles. The van der Waals surface area contributed by atoms with Crippen LogP contribution in [0.25, 0.3) is 0 Å². The summed E-state index contributed by atoms with van der Waals surface area (Å²) in [5.74, 6) is 0.817. The molecule has 28 heavy (non-hydrogen) atoms. The van der Waals surface area contributed by atoms with Gasteiger partial charge in [0, 0.05) is 6.54 Å². The number of carbonyl (C=O) groups is 1. The van der Waals surface area contributed by atoms with Crippen molar-refractivity contribution >= 4 is 17.7 Å². The number of aryl methyl sites for hydroxylation is 1. The van der Waals surface area contributed by atoms with Crippen molar-refractivity contribution in [3.8, 4) is 5.75 Å². The van der Waals surface area contributed by atoms with E-state index in [1.807, 2.05) is 60.7 Å². The second-order valence-electron chi connectivity index (χ2n) is 6.00. The largest absolute Gasteiger partial charge is 0.492 e. The average molecular weight is 398 g/mol. The molecule has 0 unspecified atom stereocenters. The molecule has 0 spiro atoms. The monoisotopic (exact) mass is 398 g/mol. The Morgan fingerprint density at radius 3 is 2.57 bits per heavy atom. The van der Waals surface area contributed by atoms with E-state index in [1.165, 1.54) is 11.8 Å². The minimum absolute atomic E-state index is 0.133. The molecular formula is C20H22N4O3S. The summed E-state index contributed by atoms with van der Waals surface area (Å²) in [4.78, 5) is 24.0. The van der Waals surface area contributed by atoms with Crippen LogP contribution >= 0.6 is 11.8 Å². The van der Waals surface area contributed by atoms with Crippen molar-refractivity contribution in [2.75, 3.05) is 18.9 Å². The lowest BCUT2D eigenvalue weighted by Gasteiger charge is -2.08. The van der Waals surface area contributed by atoms with Crippen LogP contribution < -0.4 is 15.7 Å². The van der Waals surface area contributed by atoms with Gasteiger partial charge in [-0.15, -0.1) is 5.10 Å². The normalized spacial score (nSPS) is 10.6. The zero-order chi connectivity index (χ0) is 19.6. The fraction of sp³-hybridized carbons (Fsp3) is 0.250. The van der Waals surface area contributed by atoms with Gasteiger partial charge in [-0.05, 0) is 24.1 Å². The molecule has 2 N–H and O–H groups in total. The molecule has 3 rings (SSSR count). The lowest BCUT2D eigenvalue weighted by molar-refractivity contribution is -0.118. The van der Waals surface area contributed by atoms with Crippen molar-refractivity contribution in [1.82, 2.24) is 20.1 Å². The SMILES string of the molecule is O=C(CSc1n[nH]c(=O)n1CCc1ccccc1)NCCOc1ccccc1. The summed E-state index contributed by atoms with van der Waals surface area (Å²) in [6.07, 6.45) is 0.719. The Bertz CT molecular complexity index is 925. The standard InChI is InChI=1S/C20H22N4O3S/c25-18(21-12-14-27-17-9-5-2-6-10-17)15-28-20-23-22-19(26)24(20)13-11-16-7-3-1-4-8-16/h1-10H,11-15H2,(H,21,25)(H,22,26). The van der Waals surface area contributed by atoms with Crippen LogP contribution in [0.5, 0.6) is 5.75 Å². The van der Waals surface area contributed by atoms with Gasteiger partial charge in [0.2, 0.25) is 5.91 Å². The molecule has 8 heteroatoms. The van der Waals surface area contributed by atoms with E-state index in [0.29, 0.717) is 24.9 Å². The molecule has 0 atom stereocenters. The third kappa shape index (κ3) is 6.02. The first-order valence-corrected chi connectivity index (χ1v) is 9.97. The Morgan fingerprint density at radius 2 is 1.82 bits per heavy atom. The number of benzene rings is 2. The number of rotatable bonds is 10. The smallest absolute Gasteiger partial charge is 0.343 e. The van der Waals surface area contributed by atoms with Crippen molar-refractivity contribution in [3.63, 3.8) is 0 Å². The number of amides is 1. The summed E-state index contributed by atoms with van der Waals surface area (Å²) < 4.78 is 7.09. The number of nitrogens with zero attached hydrogens (tertiary/aromatic N) is 2. The minimum Gasteiger partial charge on any atom is -0.492 e. The van der Waals surface area contributed by atoms with E-state index in [9.17, 15) is 9.59 Å². The van der Waals surface area contributed by atoms with Crippen LogP contribution in [0, 0.1) is 0 Å². The Kier molecular flexibility index (Phi) is 7.31. The van der Waals surface area contributed by atoms with Crippen LogP contribution in [0.2, 0.25) is 0 Å². The van der Waals surface area contributed by atoms with Crippen LogP contribution in [-0.2, 0) is 17.8 Å². The van der Waals surface area contributed by atoms with Crippen LogP contribution in [0.15, 0.2) is 70.6 Å². The second kappa shape index (κ2) is 10.4. The van der Waals surface area contributed by atoms with E-state index in [4.69, 9.17) is 4.74 Å². The molecule has 1 heterocycles. The van der Waals surface area contributed by atoms with Gasteiger partial charge >= 0.3 is 5.69 Å². The highest BCUT2D eigenvalue weighted by atomic mass is 32.2. The molecule has 146 valence electrons. The second-order valence-corrected chi connectivity index (χ2v) is 6.94. The first-order valence-electron chi connectivity index (χ1n) is 8.99. The van der Waals surface area contributed by atoms with Crippen LogP contribution in [0.4, 0.5) is 0 Å². The minimum atomic E-state index is -0.268. The molecule has 0 saturated heterocycles. The number of thioether (sulfide) groups is 1. The number of aromatic nitrogens is 3. The lowest BCUT2D eigenvalue weighted by atomic mass is 10.1. The van der Waals surface area contributed by atoms with Gasteiger partial charge in [-0.2, -0.15) is 0 Å². The van der Waals surface area contributed by atoms with E-state index < -0.39 is 0 Å². The average Bonchev–Trinajstić information content (AvgIpc) is 3.09. The Hall–Kier alpha value is -3.00. The zero-order valence-corrected chi connectivity index (χ0v) is 16.2. The molecule has 7 nitrogen and oxygen atoms in total. The zero-order valence-electron chi connectivity index (χ0n) is 15.3. The van der Waals surface area contributed by atoms with Gasteiger partial charge in [-0.25, -0.2) is 9.89 Å². The quantitative estimate of drug-likeness (QED) is 0.403. The number of H-pyrrole nitrogens is 1. The maximum Gasteiger partial charge on any atom is 0.343 e. The third-order valence-corrected chi connectivity index (χ3v) is 4.94. The lowest BCUT2D eigenvalue weighted by Crippen LogP contribution is -2.29. The Morgan fingerprint density at radius 1 is 1.11 bits per heavy atom. The number of para-hydroxylation sites is 1. The van der Waals surface area contributed by atoms with Crippen molar-refractivity contribution in [1.29, 1.82) is 0 Å². The Balaban J connectivity index is 1.41. The highest BCUT2D eigenvalue weighted by Crippen LogP contribution is 2.13. The number of carbonyl (C=O) groups excluding carboxylic acids is 1. The van der Waals surface area contributed by atoms with E-state index in [0.717, 1.165) is 17.7 Å². The van der Waals surface area contributed by atoms with Gasteiger partial charge in [0.15, 0.2) is 5.16 Å². The molecule has 2 aromatic carbocycles. The first kappa shape index (κ1) is 19.8. The summed E-state index contributed by atoms with van der Waals surface area (Å²) in [6.45, 7) is 1.31. The van der Waals surface area contributed by atoms with Crippen LogP contribution in [0.1, 0.15) is 5.56 Å². The molecule has 0 aliphatic heterocycles. The molecule has 0 aliphatic rings. The van der Waals surface area contributed by atoms with Gasteiger partial charge in [-0.1, -0.05) is 60.3 Å². The molecule has 0 aliphatic carbocycles. The maximum atomic E-state index is 12.0. The molecule has 1 amide bonds. The topological polar surface area (TPSA) is 89.0 Å². The first-order chi connectivity index (χ1) is 13.7. The molecule has 0 saturated carbocycles. The van der Waals surface area contributed by atoms with E-state index in [-0.39, 0.29) is 17.3 Å². The van der Waals surface area contributed by atoms with Gasteiger partial charge in [0.25, 0.3) is 0 Å². The predicted molar refractivity (Wildman–Crippen MR) is 109 cm³/mol. The maximum absolute atomic E-state index is 12.0. The predicted octanol–water partition coefficient (Wildman–Crippen LogP) is 2.10. The number of nitrogens with one attached hydrogen (secondary N) is 2. The molecular weight excluding hydrogens is 376 g/mol. The Labute approximate surface area is 167 Å². The number of hydrogen-bond donors (Lipinski definition) is 2. The van der Waals surface area contributed by atoms with Crippen molar-refractivity contribution < 1.29 is 9.53 Å². The van der Waals surface area contributed by atoms with Gasteiger partial charge in [0.1, 0.15) is 12.4 Å². The molecule has 3 aromatic rings. The van der Waals surface area contributed by atoms with E-state index in [2.05, 4.69) is 15.5 Å². The molecule has 0 bridgehead atoms. The van der Waals surface area contributed by atoms with Gasteiger partial charge in [0.05, 0.1) is 12.3 Å². The van der Waals surface area contributed by atoms with Gasteiger partial charge < -0.3 is 10.1 Å². The highest BCUT2D eigenvalue weighted by molar-refractivity contribution is 7.99. The summed E-state index contributed by atoms with van der Waals surface area (Å²) in [7, 11) is 0. The van der Waals surface area contributed by atoms with E-state index >= 15 is 0 Å². The number of aromatic amines is 1. The van der Waals surface area contributed by atoms with Gasteiger partial charge in [-0.3, -0.25) is 9.36 Å². The summed E-state index contributed by atoms with van der Waals surface area (Å²) >= 11 is 1.23. The summed E-state index contributed by atoms with van der Waals surface area (Å²) in [5.41, 5.74) is 0.873. The van der Waals surface area contributed by atoms with Crippen LogP contribution in [0.3, 0.4) is 0 Å². The van der Waals surface area contributed by atoms with E-state index in [1.54, 1.807) is 4.57 Å². The third-order valence-electron chi connectivity index (χ3n) is 3.96. The number of hydrogen-bond acceptors (Lipinski definition) is 5. The fourth-order valence-corrected chi connectivity index (χ4v) is 3.36. The number of ether oxygens (including phenoxy) is 1. The summed E-state index contributed by atoms with van der Waals surface area (Å²) in [6, 6.07) is 19.4. The highest BCUT2D eigenvalue weighted by Gasteiger charge is 2.11. The fourth-order valence-electron chi connectivity index (χ4n) is 2.55. The summed E-state index contributed by atoms with van der Waals surface area (Å²) in [5, 5.41) is 9.78. The van der Waals surface area contributed by atoms with Crippen molar-refractivity contribution in [2.45, 2.75) is 18.1 Å².